The Bertz CT molecular complexity index is 297. The molecule has 1 saturated heterocycles. The van der Waals surface area contributed by atoms with E-state index in [-0.39, 0.29) is 0 Å². The van der Waals surface area contributed by atoms with Crippen molar-refractivity contribution in [2.75, 3.05) is 13.2 Å². The third-order valence-electron chi connectivity index (χ3n) is 5.38. The highest BCUT2D eigenvalue weighted by Crippen LogP contribution is 2.40. The standard InChI is InChI=1S/C20H38O4/c1-2-3-4-5-6-7-8-10-15-21-24-22-16-11-9-12-18-13-14-19-20(17-18)23-19/h18-20H,2-17H2,1H3. The van der Waals surface area contributed by atoms with Crippen LogP contribution in [0.4, 0.5) is 0 Å². The molecule has 1 aliphatic heterocycles. The first kappa shape index (κ1) is 20.2. The van der Waals surface area contributed by atoms with Crippen molar-refractivity contribution in [3.63, 3.8) is 0 Å². The summed E-state index contributed by atoms with van der Waals surface area (Å²) in [5, 5.41) is 4.79. The number of hydrogen-bond donors (Lipinski definition) is 0. The van der Waals surface area contributed by atoms with Crippen LogP contribution in [0.15, 0.2) is 0 Å². The molecule has 3 atom stereocenters. The molecule has 0 aromatic heterocycles. The molecule has 0 N–H and O–H groups in total. The normalized spacial score (nSPS) is 25.6. The first-order valence-corrected chi connectivity index (χ1v) is 10.5. The maximum absolute atomic E-state index is 5.58. The molecule has 1 aliphatic carbocycles. The summed E-state index contributed by atoms with van der Waals surface area (Å²) >= 11 is 0. The van der Waals surface area contributed by atoms with Crippen LogP contribution in [-0.4, -0.2) is 25.4 Å². The molecule has 1 heterocycles. The van der Waals surface area contributed by atoms with Crippen LogP contribution < -0.4 is 0 Å². The van der Waals surface area contributed by atoms with Gasteiger partial charge in [-0.2, -0.15) is 0 Å². The lowest BCUT2D eigenvalue weighted by atomic mass is 9.86. The van der Waals surface area contributed by atoms with E-state index >= 15 is 0 Å². The number of rotatable bonds is 16. The van der Waals surface area contributed by atoms with Crippen LogP contribution in [0.2, 0.25) is 0 Å². The molecule has 0 aromatic rings. The van der Waals surface area contributed by atoms with Gasteiger partial charge in [0.1, 0.15) is 0 Å². The van der Waals surface area contributed by atoms with Crippen molar-refractivity contribution in [1.82, 2.24) is 0 Å². The fraction of sp³-hybridized carbons (Fsp3) is 1.00. The van der Waals surface area contributed by atoms with Crippen molar-refractivity contribution in [1.29, 1.82) is 0 Å². The summed E-state index contributed by atoms with van der Waals surface area (Å²) < 4.78 is 5.58. The average molecular weight is 343 g/mol. The minimum atomic E-state index is 0.605. The van der Waals surface area contributed by atoms with Gasteiger partial charge in [0.25, 0.3) is 0 Å². The van der Waals surface area contributed by atoms with Crippen LogP contribution in [-0.2, 0) is 19.6 Å². The Kier molecular flexibility index (Phi) is 11.0. The summed E-state index contributed by atoms with van der Waals surface area (Å²) in [4.78, 5) is 10.1. The first-order valence-electron chi connectivity index (χ1n) is 10.5. The molecule has 0 amide bonds. The van der Waals surface area contributed by atoms with E-state index < -0.39 is 0 Å². The minimum Gasteiger partial charge on any atom is -0.370 e. The lowest BCUT2D eigenvalue weighted by Gasteiger charge is -2.18. The van der Waals surface area contributed by atoms with Gasteiger partial charge < -0.3 is 4.74 Å². The molecular formula is C20H38O4. The topological polar surface area (TPSA) is 40.2 Å². The van der Waals surface area contributed by atoms with E-state index in [4.69, 9.17) is 19.6 Å². The van der Waals surface area contributed by atoms with Gasteiger partial charge in [-0.1, -0.05) is 69.7 Å². The Labute approximate surface area is 148 Å². The molecule has 2 rings (SSSR count). The summed E-state index contributed by atoms with van der Waals surface area (Å²) in [6.45, 7) is 3.53. The third-order valence-corrected chi connectivity index (χ3v) is 5.38. The zero-order valence-electron chi connectivity index (χ0n) is 15.7. The lowest BCUT2D eigenvalue weighted by Crippen LogP contribution is -2.13. The van der Waals surface area contributed by atoms with Gasteiger partial charge in [-0.05, 0) is 38.0 Å². The van der Waals surface area contributed by atoms with Crippen LogP contribution in [0.3, 0.4) is 0 Å². The number of unbranched alkanes of at least 4 members (excludes halogenated alkanes) is 8. The van der Waals surface area contributed by atoms with Gasteiger partial charge in [0.2, 0.25) is 0 Å². The number of fused-ring (bicyclic) bond motifs is 1. The molecule has 0 aromatic carbocycles. The molecule has 0 radical (unpaired) electrons. The predicted molar refractivity (Wildman–Crippen MR) is 95.5 cm³/mol. The number of ether oxygens (including phenoxy) is 1. The molecular weight excluding hydrogens is 304 g/mol. The Morgan fingerprint density at radius 3 is 2.12 bits per heavy atom. The van der Waals surface area contributed by atoms with E-state index in [1.54, 1.807) is 0 Å². The van der Waals surface area contributed by atoms with Gasteiger partial charge in [0.15, 0.2) is 0 Å². The van der Waals surface area contributed by atoms with E-state index in [0.29, 0.717) is 25.4 Å². The van der Waals surface area contributed by atoms with Crippen LogP contribution in [0.5, 0.6) is 0 Å². The van der Waals surface area contributed by atoms with E-state index in [2.05, 4.69) is 6.92 Å². The summed E-state index contributed by atoms with van der Waals surface area (Å²) in [5.41, 5.74) is 0. The Balaban J connectivity index is 1.22. The van der Waals surface area contributed by atoms with Crippen molar-refractivity contribution in [3.05, 3.63) is 0 Å². The minimum absolute atomic E-state index is 0.605. The van der Waals surface area contributed by atoms with Crippen LogP contribution in [0, 0.1) is 5.92 Å². The fourth-order valence-electron chi connectivity index (χ4n) is 3.74. The van der Waals surface area contributed by atoms with Crippen molar-refractivity contribution >= 4 is 0 Å². The Hall–Kier alpha value is -0.160. The zero-order chi connectivity index (χ0) is 16.9. The number of hydrogen-bond acceptors (Lipinski definition) is 4. The van der Waals surface area contributed by atoms with Crippen molar-refractivity contribution in [2.45, 2.75) is 109 Å². The second-order valence-electron chi connectivity index (χ2n) is 7.57. The summed E-state index contributed by atoms with van der Waals surface area (Å²) in [6, 6.07) is 0. The van der Waals surface area contributed by atoms with Crippen LogP contribution >= 0.6 is 0 Å². The molecule has 2 aliphatic rings. The summed E-state index contributed by atoms with van der Waals surface area (Å²) in [6.07, 6.45) is 19.1. The molecule has 4 heteroatoms. The van der Waals surface area contributed by atoms with E-state index in [0.717, 1.165) is 18.8 Å². The highest BCUT2D eigenvalue weighted by Gasteiger charge is 2.43. The average Bonchev–Trinajstić information content (AvgIpc) is 3.37. The van der Waals surface area contributed by atoms with Crippen molar-refractivity contribution in [2.24, 2.45) is 5.92 Å². The van der Waals surface area contributed by atoms with Gasteiger partial charge in [0.05, 0.1) is 25.4 Å². The molecule has 4 nitrogen and oxygen atoms in total. The maximum atomic E-state index is 5.58. The molecule has 0 spiro atoms. The van der Waals surface area contributed by atoms with Crippen molar-refractivity contribution < 1.29 is 19.6 Å². The van der Waals surface area contributed by atoms with Gasteiger partial charge >= 0.3 is 0 Å². The van der Waals surface area contributed by atoms with Crippen LogP contribution in [0.25, 0.3) is 0 Å². The van der Waals surface area contributed by atoms with E-state index in [1.807, 2.05) is 0 Å². The van der Waals surface area contributed by atoms with Gasteiger partial charge in [0, 0.05) is 0 Å². The first-order chi connectivity index (χ1) is 11.9. The number of epoxide rings is 1. The van der Waals surface area contributed by atoms with E-state index in [1.165, 1.54) is 77.0 Å². The van der Waals surface area contributed by atoms with E-state index in [9.17, 15) is 0 Å². The lowest BCUT2D eigenvalue weighted by molar-refractivity contribution is -0.512. The summed E-state index contributed by atoms with van der Waals surface area (Å²) in [5.74, 6) is 0.868. The Morgan fingerprint density at radius 2 is 1.42 bits per heavy atom. The second kappa shape index (κ2) is 13.1. The molecule has 24 heavy (non-hydrogen) atoms. The Morgan fingerprint density at radius 1 is 0.750 bits per heavy atom. The van der Waals surface area contributed by atoms with Gasteiger partial charge in [-0.3, -0.25) is 0 Å². The van der Waals surface area contributed by atoms with Crippen LogP contribution in [0.1, 0.15) is 96.8 Å². The third kappa shape index (κ3) is 9.36. The highest BCUT2D eigenvalue weighted by molar-refractivity contribution is 4.91. The quantitative estimate of drug-likeness (QED) is 0.155. The molecule has 142 valence electrons. The smallest absolute Gasteiger partial charge is 0.0853 e. The zero-order valence-corrected chi connectivity index (χ0v) is 15.7. The van der Waals surface area contributed by atoms with Gasteiger partial charge in [-0.15, -0.1) is 0 Å². The highest BCUT2D eigenvalue weighted by atomic mass is 17.5. The van der Waals surface area contributed by atoms with Gasteiger partial charge in [-0.25, -0.2) is 9.78 Å². The molecule has 2 fully saturated rings. The van der Waals surface area contributed by atoms with Crippen molar-refractivity contribution in [3.8, 4) is 0 Å². The monoisotopic (exact) mass is 342 g/mol. The summed E-state index contributed by atoms with van der Waals surface area (Å²) in [7, 11) is 0. The second-order valence-corrected chi connectivity index (χ2v) is 7.57. The molecule has 0 bridgehead atoms. The predicted octanol–water partition coefficient (Wildman–Crippen LogP) is 5.74. The molecule has 1 saturated carbocycles. The molecule has 3 unspecified atom stereocenters. The maximum Gasteiger partial charge on any atom is 0.0853 e. The largest absolute Gasteiger partial charge is 0.370 e. The fourth-order valence-corrected chi connectivity index (χ4v) is 3.74. The SMILES string of the molecule is CCCCCCCCCCOOOCCCCC1CCC2OC2C1.